The number of carbonyl (C=O) groups is 1. The molecule has 0 radical (unpaired) electrons. The Morgan fingerprint density at radius 1 is 0.914 bits per heavy atom. The zero-order chi connectivity index (χ0) is 24.5. The number of hydrogen-bond acceptors (Lipinski definition) is 5. The van der Waals surface area contributed by atoms with E-state index in [-0.39, 0.29) is 6.29 Å². The largest absolute Gasteiger partial charge is 0.417 e. The average Bonchev–Trinajstić information content (AvgIpc) is 2.92. The Kier molecular flexibility index (Phi) is 8.30. The zero-order valence-corrected chi connectivity index (χ0v) is 19.7. The number of nitrogens with zero attached hydrogens (tertiary/aromatic N) is 1. The van der Waals surface area contributed by atoms with E-state index in [1.54, 1.807) is 24.3 Å². The Balaban J connectivity index is 1.29. The molecule has 5 heteroatoms. The van der Waals surface area contributed by atoms with Crippen LogP contribution in [0, 0.1) is 29.1 Å². The van der Waals surface area contributed by atoms with Crippen LogP contribution in [-0.2, 0) is 14.3 Å². The van der Waals surface area contributed by atoms with Crippen LogP contribution < -0.4 is 4.74 Å². The summed E-state index contributed by atoms with van der Waals surface area (Å²) in [6.07, 6.45) is 3.16. The molecule has 0 atom stereocenters. The lowest BCUT2D eigenvalue weighted by molar-refractivity contribution is -0.206. The Morgan fingerprint density at radius 3 is 2.11 bits per heavy atom. The lowest BCUT2D eigenvalue weighted by Gasteiger charge is -2.29. The van der Waals surface area contributed by atoms with Crippen molar-refractivity contribution in [2.24, 2.45) is 5.92 Å². The van der Waals surface area contributed by atoms with Gasteiger partial charge in [0.2, 0.25) is 0 Å². The third kappa shape index (κ3) is 6.80. The van der Waals surface area contributed by atoms with Crippen molar-refractivity contribution in [3.8, 4) is 34.8 Å². The Bertz CT molecular complexity index is 1220. The van der Waals surface area contributed by atoms with Crippen molar-refractivity contribution in [3.05, 3.63) is 89.5 Å². The topological polar surface area (TPSA) is 68.5 Å². The lowest BCUT2D eigenvalue weighted by atomic mass is 10.0. The van der Waals surface area contributed by atoms with Crippen molar-refractivity contribution in [3.63, 3.8) is 0 Å². The molecule has 1 fully saturated rings. The van der Waals surface area contributed by atoms with Crippen LogP contribution in [0.3, 0.4) is 0 Å². The highest BCUT2D eigenvalue weighted by molar-refractivity contribution is 5.90. The van der Waals surface area contributed by atoms with Gasteiger partial charge < -0.3 is 14.2 Å². The highest BCUT2D eigenvalue weighted by Gasteiger charge is 2.23. The SMILES string of the molecule is CCCCC1COC(c2ccc(C#CC(=O)Oc3ccc(-c4ccc(C#N)cc4)cc3)cc2)OC1. The predicted octanol–water partition coefficient (Wildman–Crippen LogP) is 6.03. The normalized spacial score (nSPS) is 17.0. The van der Waals surface area contributed by atoms with Crippen molar-refractivity contribution in [1.82, 2.24) is 0 Å². The Labute approximate surface area is 206 Å². The van der Waals surface area contributed by atoms with Gasteiger partial charge in [-0.1, -0.05) is 62.1 Å². The van der Waals surface area contributed by atoms with Crippen LogP contribution in [0.5, 0.6) is 5.75 Å². The Hall–Kier alpha value is -3.90. The summed E-state index contributed by atoms with van der Waals surface area (Å²) >= 11 is 0. The molecule has 0 spiro atoms. The van der Waals surface area contributed by atoms with Crippen LogP contribution >= 0.6 is 0 Å². The van der Waals surface area contributed by atoms with E-state index in [2.05, 4.69) is 24.8 Å². The first-order valence-corrected chi connectivity index (χ1v) is 11.8. The van der Waals surface area contributed by atoms with Crippen LogP contribution in [0.15, 0.2) is 72.8 Å². The van der Waals surface area contributed by atoms with E-state index >= 15 is 0 Å². The van der Waals surface area contributed by atoms with Gasteiger partial charge in [0, 0.05) is 23.0 Å². The second kappa shape index (κ2) is 12.0. The van der Waals surface area contributed by atoms with Crippen LogP contribution in [0.1, 0.15) is 49.2 Å². The molecule has 3 aromatic rings. The maximum atomic E-state index is 12.2. The molecule has 0 saturated carbocycles. The monoisotopic (exact) mass is 465 g/mol. The Morgan fingerprint density at radius 2 is 1.51 bits per heavy atom. The van der Waals surface area contributed by atoms with Gasteiger partial charge in [0.1, 0.15) is 5.75 Å². The number of ether oxygens (including phenoxy) is 3. The summed E-state index contributed by atoms with van der Waals surface area (Å²) in [7, 11) is 0. The van der Waals surface area contributed by atoms with Crippen LogP contribution in [-0.4, -0.2) is 19.2 Å². The maximum Gasteiger partial charge on any atom is 0.390 e. The average molecular weight is 466 g/mol. The van der Waals surface area contributed by atoms with Crippen LogP contribution in [0.2, 0.25) is 0 Å². The van der Waals surface area contributed by atoms with Crippen LogP contribution in [0.25, 0.3) is 11.1 Å². The van der Waals surface area contributed by atoms with Gasteiger partial charge in [0.15, 0.2) is 6.29 Å². The summed E-state index contributed by atoms with van der Waals surface area (Å²) in [5.74, 6) is 5.62. The number of benzene rings is 3. The summed E-state index contributed by atoms with van der Waals surface area (Å²) in [6, 6.07) is 24.1. The van der Waals surface area contributed by atoms with E-state index < -0.39 is 5.97 Å². The number of hydrogen-bond donors (Lipinski definition) is 0. The minimum Gasteiger partial charge on any atom is -0.417 e. The number of nitriles is 1. The van der Waals surface area contributed by atoms with E-state index in [1.807, 2.05) is 48.5 Å². The van der Waals surface area contributed by atoms with Gasteiger partial charge in [0.25, 0.3) is 0 Å². The van der Waals surface area contributed by atoms with Gasteiger partial charge in [-0.05, 0) is 53.9 Å². The third-order valence-electron chi connectivity index (χ3n) is 5.84. The van der Waals surface area contributed by atoms with Gasteiger partial charge in [-0.2, -0.15) is 5.26 Å². The van der Waals surface area contributed by atoms with Crippen molar-refractivity contribution < 1.29 is 19.0 Å². The molecule has 1 saturated heterocycles. The van der Waals surface area contributed by atoms with Gasteiger partial charge in [-0.25, -0.2) is 4.79 Å². The molecule has 0 aliphatic carbocycles. The quantitative estimate of drug-likeness (QED) is 0.252. The van der Waals surface area contributed by atoms with E-state index in [1.165, 1.54) is 12.8 Å². The molecule has 1 aliphatic heterocycles. The smallest absolute Gasteiger partial charge is 0.390 e. The fourth-order valence-electron chi connectivity index (χ4n) is 3.83. The van der Waals surface area contributed by atoms with Crippen LogP contribution in [0.4, 0.5) is 0 Å². The van der Waals surface area contributed by atoms with E-state index in [0.717, 1.165) is 23.1 Å². The molecule has 1 aliphatic rings. The molecule has 0 N–H and O–H groups in total. The number of esters is 1. The highest BCUT2D eigenvalue weighted by atomic mass is 16.7. The standard InChI is InChI=1S/C30H27NO4/c1-2-3-4-24-20-33-30(34-21-24)27-12-5-22(6-13-27)9-18-29(32)35-28-16-14-26(15-17-28)25-10-7-23(19-31)8-11-25/h5-8,10-17,24,30H,2-4,20-21H2,1H3. The summed E-state index contributed by atoms with van der Waals surface area (Å²) in [5.41, 5.74) is 4.19. The summed E-state index contributed by atoms with van der Waals surface area (Å²) < 4.78 is 17.1. The number of rotatable bonds is 6. The maximum absolute atomic E-state index is 12.2. The van der Waals surface area contributed by atoms with Crippen molar-refractivity contribution in [2.45, 2.75) is 32.5 Å². The number of unbranched alkanes of at least 4 members (excludes halogenated alkanes) is 1. The molecule has 3 aromatic carbocycles. The molecule has 1 heterocycles. The minimum atomic E-state index is -0.628. The van der Waals surface area contributed by atoms with Crippen molar-refractivity contribution >= 4 is 5.97 Å². The predicted molar refractivity (Wildman–Crippen MR) is 133 cm³/mol. The first-order valence-electron chi connectivity index (χ1n) is 11.8. The molecule has 5 nitrogen and oxygen atoms in total. The molecule has 35 heavy (non-hydrogen) atoms. The first kappa shape index (κ1) is 24.2. The molecule has 176 valence electrons. The molecule has 0 amide bonds. The molecular formula is C30H27NO4. The van der Waals surface area contributed by atoms with E-state index in [4.69, 9.17) is 19.5 Å². The van der Waals surface area contributed by atoms with E-state index in [0.29, 0.717) is 36.0 Å². The van der Waals surface area contributed by atoms with E-state index in [9.17, 15) is 4.79 Å². The van der Waals surface area contributed by atoms with Gasteiger partial charge in [0.05, 0.1) is 24.8 Å². The molecular weight excluding hydrogens is 438 g/mol. The fraction of sp³-hybridized carbons (Fsp3) is 0.267. The molecule has 0 unspecified atom stereocenters. The molecule has 0 bridgehead atoms. The van der Waals surface area contributed by atoms with Gasteiger partial charge >= 0.3 is 5.97 Å². The van der Waals surface area contributed by atoms with Crippen molar-refractivity contribution in [2.75, 3.05) is 13.2 Å². The second-order valence-corrected chi connectivity index (χ2v) is 8.48. The summed E-state index contributed by atoms with van der Waals surface area (Å²) in [5, 5.41) is 8.91. The molecule has 4 rings (SSSR count). The second-order valence-electron chi connectivity index (χ2n) is 8.48. The van der Waals surface area contributed by atoms with Gasteiger partial charge in [-0.15, -0.1) is 0 Å². The summed E-state index contributed by atoms with van der Waals surface area (Å²) in [6.45, 7) is 3.62. The minimum absolute atomic E-state index is 0.355. The van der Waals surface area contributed by atoms with Crippen molar-refractivity contribution in [1.29, 1.82) is 5.26 Å². The highest BCUT2D eigenvalue weighted by Crippen LogP contribution is 2.27. The number of carbonyl (C=O) groups excluding carboxylic acids is 1. The first-order chi connectivity index (χ1) is 17.1. The fourth-order valence-corrected chi connectivity index (χ4v) is 3.83. The van der Waals surface area contributed by atoms with Gasteiger partial charge in [-0.3, -0.25) is 0 Å². The lowest BCUT2D eigenvalue weighted by Crippen LogP contribution is -2.27. The summed E-state index contributed by atoms with van der Waals surface area (Å²) in [4.78, 5) is 12.2. The molecule has 0 aromatic heterocycles. The third-order valence-corrected chi connectivity index (χ3v) is 5.84. The zero-order valence-electron chi connectivity index (χ0n) is 19.7.